The second kappa shape index (κ2) is 5.45. The maximum absolute atomic E-state index is 6.35. The predicted octanol–water partition coefficient (Wildman–Crippen LogP) is 3.67. The molecule has 100 valence electrons. The van der Waals surface area contributed by atoms with Crippen LogP contribution < -0.4 is 10.5 Å². The van der Waals surface area contributed by atoms with Crippen LogP contribution in [0.5, 0.6) is 5.75 Å². The minimum atomic E-state index is -0.0936. The van der Waals surface area contributed by atoms with Gasteiger partial charge in [0, 0.05) is 0 Å². The van der Waals surface area contributed by atoms with Gasteiger partial charge in [0.15, 0.2) is 0 Å². The van der Waals surface area contributed by atoms with E-state index in [1.165, 1.54) is 5.56 Å². The van der Waals surface area contributed by atoms with Crippen LogP contribution in [0.1, 0.15) is 33.9 Å². The van der Waals surface area contributed by atoms with E-state index in [9.17, 15) is 0 Å². The zero-order valence-electron chi connectivity index (χ0n) is 12.0. The van der Waals surface area contributed by atoms with Gasteiger partial charge in [0.25, 0.3) is 0 Å². The number of aryl methyl sites for hydroxylation is 3. The topological polar surface area (TPSA) is 35.2 Å². The molecule has 0 fully saturated rings. The molecule has 0 saturated carbocycles. The van der Waals surface area contributed by atoms with Crippen molar-refractivity contribution in [3.05, 3.63) is 64.2 Å². The fraction of sp³-hybridized carbons (Fsp3) is 0.294. The summed E-state index contributed by atoms with van der Waals surface area (Å²) >= 11 is 0. The van der Waals surface area contributed by atoms with Crippen molar-refractivity contribution in [1.82, 2.24) is 0 Å². The smallest absolute Gasteiger partial charge is 0.124 e. The van der Waals surface area contributed by atoms with Crippen molar-refractivity contribution in [3.8, 4) is 5.75 Å². The summed E-state index contributed by atoms with van der Waals surface area (Å²) < 4.78 is 5.39. The lowest BCUT2D eigenvalue weighted by Crippen LogP contribution is -2.12. The summed E-state index contributed by atoms with van der Waals surface area (Å²) in [7, 11) is 1.70. The molecule has 0 amide bonds. The lowest BCUT2D eigenvalue weighted by Gasteiger charge is -2.17. The third kappa shape index (κ3) is 2.79. The third-order valence-electron chi connectivity index (χ3n) is 3.48. The lowest BCUT2D eigenvalue weighted by molar-refractivity contribution is 0.408. The molecule has 19 heavy (non-hydrogen) atoms. The minimum absolute atomic E-state index is 0.0936. The predicted molar refractivity (Wildman–Crippen MR) is 79.7 cm³/mol. The van der Waals surface area contributed by atoms with Gasteiger partial charge in [-0.05, 0) is 43.0 Å². The van der Waals surface area contributed by atoms with Gasteiger partial charge in [0.05, 0.1) is 13.2 Å². The van der Waals surface area contributed by atoms with E-state index >= 15 is 0 Å². The van der Waals surface area contributed by atoms with Gasteiger partial charge >= 0.3 is 0 Å². The maximum Gasteiger partial charge on any atom is 0.124 e. The largest absolute Gasteiger partial charge is 0.496 e. The molecule has 2 N–H and O–H groups in total. The van der Waals surface area contributed by atoms with Gasteiger partial charge in [-0.2, -0.15) is 0 Å². The summed E-state index contributed by atoms with van der Waals surface area (Å²) in [4.78, 5) is 0. The highest BCUT2D eigenvalue weighted by molar-refractivity contribution is 5.46. The van der Waals surface area contributed by atoms with Crippen molar-refractivity contribution in [2.75, 3.05) is 7.11 Å². The van der Waals surface area contributed by atoms with Gasteiger partial charge in [0.1, 0.15) is 5.75 Å². The van der Waals surface area contributed by atoms with Crippen LogP contribution in [0.3, 0.4) is 0 Å². The SMILES string of the molecule is COc1c(C)cc(C(N)c2ccc(C)cc2)cc1C. The molecule has 1 unspecified atom stereocenters. The Kier molecular flexibility index (Phi) is 3.91. The molecular weight excluding hydrogens is 234 g/mol. The number of hydrogen-bond donors (Lipinski definition) is 1. The molecule has 0 radical (unpaired) electrons. The number of methoxy groups -OCH3 is 1. The zero-order chi connectivity index (χ0) is 14.0. The summed E-state index contributed by atoms with van der Waals surface area (Å²) in [6, 6.07) is 12.5. The molecule has 0 heterocycles. The average Bonchev–Trinajstić information content (AvgIpc) is 2.38. The summed E-state index contributed by atoms with van der Waals surface area (Å²) in [5.74, 6) is 0.944. The van der Waals surface area contributed by atoms with E-state index in [-0.39, 0.29) is 6.04 Å². The quantitative estimate of drug-likeness (QED) is 0.908. The first-order chi connectivity index (χ1) is 9.02. The molecular formula is C17H21NO. The number of nitrogens with two attached hydrogens (primary N) is 1. The molecule has 1 atom stereocenters. The van der Waals surface area contributed by atoms with Gasteiger partial charge in [-0.15, -0.1) is 0 Å². The van der Waals surface area contributed by atoms with E-state index in [4.69, 9.17) is 10.5 Å². The maximum atomic E-state index is 6.35. The first-order valence-electron chi connectivity index (χ1n) is 6.50. The van der Waals surface area contributed by atoms with E-state index in [1.54, 1.807) is 7.11 Å². The summed E-state index contributed by atoms with van der Waals surface area (Å²) in [5, 5.41) is 0. The van der Waals surface area contributed by atoms with Crippen molar-refractivity contribution in [2.24, 2.45) is 5.73 Å². The zero-order valence-corrected chi connectivity index (χ0v) is 12.0. The van der Waals surface area contributed by atoms with Crippen molar-refractivity contribution < 1.29 is 4.74 Å². The molecule has 0 aliphatic heterocycles. The monoisotopic (exact) mass is 255 g/mol. The van der Waals surface area contributed by atoms with Gasteiger partial charge in [-0.25, -0.2) is 0 Å². The Labute approximate surface area is 115 Å². The van der Waals surface area contributed by atoms with Crippen LogP contribution in [0.25, 0.3) is 0 Å². The summed E-state index contributed by atoms with van der Waals surface area (Å²) in [5.41, 5.74) is 12.1. The fourth-order valence-corrected chi connectivity index (χ4v) is 2.45. The molecule has 2 rings (SSSR count). The normalized spacial score (nSPS) is 12.3. The molecule has 2 nitrogen and oxygen atoms in total. The van der Waals surface area contributed by atoms with Gasteiger partial charge in [-0.3, -0.25) is 0 Å². The van der Waals surface area contributed by atoms with Crippen molar-refractivity contribution in [1.29, 1.82) is 0 Å². The van der Waals surface area contributed by atoms with Crippen LogP contribution in [0.15, 0.2) is 36.4 Å². The molecule has 0 saturated heterocycles. The Balaban J connectivity index is 2.39. The van der Waals surface area contributed by atoms with Gasteiger partial charge < -0.3 is 10.5 Å². The van der Waals surface area contributed by atoms with Crippen LogP contribution in [0, 0.1) is 20.8 Å². The Bertz CT molecular complexity index is 549. The van der Waals surface area contributed by atoms with Crippen molar-refractivity contribution in [3.63, 3.8) is 0 Å². The van der Waals surface area contributed by atoms with Crippen LogP contribution in [0.4, 0.5) is 0 Å². The first kappa shape index (κ1) is 13.6. The van der Waals surface area contributed by atoms with Crippen LogP contribution in [-0.2, 0) is 0 Å². The van der Waals surface area contributed by atoms with Gasteiger partial charge in [0.2, 0.25) is 0 Å². The molecule has 0 bridgehead atoms. The van der Waals surface area contributed by atoms with Crippen LogP contribution >= 0.6 is 0 Å². The second-order valence-electron chi connectivity index (χ2n) is 5.08. The number of ether oxygens (including phenoxy) is 1. The van der Waals surface area contributed by atoms with E-state index in [1.807, 2.05) is 0 Å². The number of rotatable bonds is 3. The standard InChI is InChI=1S/C17H21NO/c1-11-5-7-14(8-6-11)16(18)15-9-12(2)17(19-4)13(3)10-15/h5-10,16H,18H2,1-4H3. The molecule has 0 spiro atoms. The van der Waals surface area contributed by atoms with E-state index in [0.717, 1.165) is 28.0 Å². The molecule has 0 aromatic heterocycles. The van der Waals surface area contributed by atoms with Crippen LogP contribution in [0.2, 0.25) is 0 Å². The first-order valence-corrected chi connectivity index (χ1v) is 6.50. The Morgan fingerprint density at radius 1 is 0.895 bits per heavy atom. The van der Waals surface area contributed by atoms with Crippen LogP contribution in [-0.4, -0.2) is 7.11 Å². The summed E-state index contributed by atoms with van der Waals surface area (Å²) in [6.45, 7) is 6.19. The highest BCUT2D eigenvalue weighted by Gasteiger charge is 2.12. The molecule has 2 aromatic carbocycles. The Morgan fingerprint density at radius 3 is 1.89 bits per heavy atom. The second-order valence-corrected chi connectivity index (χ2v) is 5.08. The lowest BCUT2D eigenvalue weighted by atomic mass is 9.95. The average molecular weight is 255 g/mol. The van der Waals surface area contributed by atoms with E-state index < -0.39 is 0 Å². The highest BCUT2D eigenvalue weighted by Crippen LogP contribution is 2.29. The molecule has 0 aliphatic carbocycles. The van der Waals surface area contributed by atoms with Crippen molar-refractivity contribution >= 4 is 0 Å². The highest BCUT2D eigenvalue weighted by atomic mass is 16.5. The fourth-order valence-electron chi connectivity index (χ4n) is 2.45. The summed E-state index contributed by atoms with van der Waals surface area (Å²) in [6.07, 6.45) is 0. The van der Waals surface area contributed by atoms with Gasteiger partial charge in [-0.1, -0.05) is 42.0 Å². The number of hydrogen-bond acceptors (Lipinski definition) is 2. The molecule has 2 heteroatoms. The van der Waals surface area contributed by atoms with E-state index in [2.05, 4.69) is 57.2 Å². The minimum Gasteiger partial charge on any atom is -0.496 e. The number of benzene rings is 2. The Hall–Kier alpha value is -1.80. The Morgan fingerprint density at radius 2 is 1.42 bits per heavy atom. The molecule has 2 aromatic rings. The molecule has 0 aliphatic rings. The third-order valence-corrected chi connectivity index (χ3v) is 3.48. The van der Waals surface area contributed by atoms with Crippen molar-refractivity contribution in [2.45, 2.75) is 26.8 Å². The van der Waals surface area contributed by atoms with E-state index in [0.29, 0.717) is 0 Å².